The van der Waals surface area contributed by atoms with Crippen molar-refractivity contribution >= 4 is 39.5 Å². The van der Waals surface area contributed by atoms with Gasteiger partial charge in [-0.05, 0) is 37.5 Å². The fourth-order valence-corrected chi connectivity index (χ4v) is 14.1. The lowest BCUT2D eigenvalue weighted by atomic mass is 10.00. The second-order valence-corrected chi connectivity index (χ2v) is 32.8. The Morgan fingerprint density at radius 2 is 0.510 bits per heavy atom. The van der Waals surface area contributed by atoms with Crippen LogP contribution in [0.2, 0.25) is 0 Å². The highest BCUT2D eigenvalue weighted by Gasteiger charge is 2.30. The van der Waals surface area contributed by atoms with Crippen LogP contribution in [0.1, 0.15) is 427 Å². The Morgan fingerprint density at radius 3 is 0.760 bits per heavy atom. The van der Waals surface area contributed by atoms with Gasteiger partial charge in [-0.1, -0.05) is 375 Å². The minimum Gasteiger partial charge on any atom is -0.462 e. The molecule has 0 saturated carbocycles. The van der Waals surface area contributed by atoms with E-state index < -0.39 is 97.5 Å². The van der Waals surface area contributed by atoms with Crippen molar-refractivity contribution in [3.8, 4) is 0 Å². The number of hydrogen-bond acceptors (Lipinski definition) is 15. The SMILES string of the molecule is CCCCCCCCCCCCCCCCCCCCCCCCC(=O)O[C@H](COC(=O)CCCCCCCCCCCCCCC(C)C)COP(=O)(O)OC[C@@H](O)COP(=O)(O)OC[C@@H](COC(=O)CCCCCCCCC(C)CC)OC(=O)CCCCCCCCCCCCCCC. The number of ether oxygens (including phenoxy) is 4. The average Bonchev–Trinajstić information content (AvgIpc) is 0.979. The van der Waals surface area contributed by atoms with Crippen LogP contribution in [0.15, 0.2) is 0 Å². The lowest BCUT2D eigenvalue weighted by Crippen LogP contribution is -2.30. The van der Waals surface area contributed by atoms with E-state index >= 15 is 0 Å². The zero-order chi connectivity index (χ0) is 73.5. The van der Waals surface area contributed by atoms with Crippen LogP contribution in [0.25, 0.3) is 0 Å². The Bertz CT molecular complexity index is 1930. The van der Waals surface area contributed by atoms with Crippen LogP contribution in [0.3, 0.4) is 0 Å². The first-order valence-corrected chi connectivity index (χ1v) is 45.0. The van der Waals surface area contributed by atoms with Gasteiger partial charge in [0.25, 0.3) is 0 Å². The van der Waals surface area contributed by atoms with Crippen LogP contribution in [-0.4, -0.2) is 96.7 Å². The van der Waals surface area contributed by atoms with Crippen molar-refractivity contribution in [2.45, 2.75) is 445 Å². The van der Waals surface area contributed by atoms with E-state index in [-0.39, 0.29) is 25.7 Å². The highest BCUT2D eigenvalue weighted by atomic mass is 31.2. The summed E-state index contributed by atoms with van der Waals surface area (Å²) >= 11 is 0. The zero-order valence-corrected chi connectivity index (χ0v) is 67.3. The molecule has 0 aliphatic carbocycles. The van der Waals surface area contributed by atoms with Crippen molar-refractivity contribution in [2.24, 2.45) is 11.8 Å². The van der Waals surface area contributed by atoms with E-state index in [1.54, 1.807) is 0 Å². The van der Waals surface area contributed by atoms with Crippen LogP contribution in [0.5, 0.6) is 0 Å². The summed E-state index contributed by atoms with van der Waals surface area (Å²) in [6.45, 7) is 9.60. The van der Waals surface area contributed by atoms with E-state index in [0.717, 1.165) is 108 Å². The van der Waals surface area contributed by atoms with Crippen molar-refractivity contribution in [1.82, 2.24) is 0 Å². The maximum atomic E-state index is 13.1. The highest BCUT2D eigenvalue weighted by Crippen LogP contribution is 2.45. The van der Waals surface area contributed by atoms with Crippen molar-refractivity contribution in [1.29, 1.82) is 0 Å². The summed E-state index contributed by atoms with van der Waals surface area (Å²) in [6, 6.07) is 0. The highest BCUT2D eigenvalue weighted by molar-refractivity contribution is 7.47. The molecule has 6 atom stereocenters. The monoisotopic (exact) mass is 1470 g/mol. The molecule has 0 aromatic carbocycles. The maximum absolute atomic E-state index is 13.1. The third-order valence-electron chi connectivity index (χ3n) is 19.3. The summed E-state index contributed by atoms with van der Waals surface area (Å²) in [5.74, 6) is -0.598. The molecule has 0 spiro atoms. The molecule has 0 aliphatic heterocycles. The van der Waals surface area contributed by atoms with Crippen LogP contribution in [0.4, 0.5) is 0 Å². The number of carbonyl (C=O) groups excluding carboxylic acids is 4. The molecule has 0 aromatic heterocycles. The summed E-state index contributed by atoms with van der Waals surface area (Å²) in [4.78, 5) is 73.0. The predicted octanol–water partition coefficient (Wildman–Crippen LogP) is 24.3. The van der Waals surface area contributed by atoms with E-state index in [2.05, 4.69) is 41.5 Å². The molecule has 0 aliphatic rings. The predicted molar refractivity (Wildman–Crippen MR) is 409 cm³/mol. The van der Waals surface area contributed by atoms with Crippen LogP contribution in [0, 0.1) is 11.8 Å². The molecule has 0 heterocycles. The molecule has 100 heavy (non-hydrogen) atoms. The largest absolute Gasteiger partial charge is 0.472 e. The third kappa shape index (κ3) is 73.0. The summed E-state index contributed by atoms with van der Waals surface area (Å²) in [5.41, 5.74) is 0. The molecule has 0 fully saturated rings. The Hall–Kier alpha value is -1.94. The van der Waals surface area contributed by atoms with E-state index in [1.165, 1.54) is 238 Å². The van der Waals surface area contributed by atoms with Gasteiger partial charge in [0.05, 0.1) is 26.4 Å². The molecular weight excluding hydrogens is 1310 g/mol. The van der Waals surface area contributed by atoms with Crippen molar-refractivity contribution < 1.29 is 80.2 Å². The molecular formula is C81H158O17P2. The van der Waals surface area contributed by atoms with Gasteiger partial charge in [-0.25, -0.2) is 9.13 Å². The van der Waals surface area contributed by atoms with Gasteiger partial charge in [0.15, 0.2) is 12.2 Å². The number of rotatable bonds is 80. The standard InChI is InChI=1S/C81H158O17P2/c1-7-10-12-14-16-18-20-22-23-24-25-26-27-28-29-30-32-38-42-46-54-60-66-80(85)97-76(69-91-78(83)63-57-51-44-40-36-34-33-35-39-43-49-55-61-73(4)5)71-95-99(87,88)93-67-75(82)68-94-100(89,90)96-72-77(70-92-79(84)64-58-52-48-47-50-56-62-74(6)9-3)98-81(86)65-59-53-45-41-37-31-21-19-17-15-13-11-8-2/h73-77,82H,7-72H2,1-6H3,(H,87,88)(H,89,90)/t74?,75-,76-,77-/m1/s1. The molecule has 0 aromatic rings. The second kappa shape index (κ2) is 72.6. The van der Waals surface area contributed by atoms with Crippen molar-refractivity contribution in [3.63, 3.8) is 0 Å². The quantitative estimate of drug-likeness (QED) is 0.0222. The van der Waals surface area contributed by atoms with Crippen LogP contribution < -0.4 is 0 Å². The smallest absolute Gasteiger partial charge is 0.462 e. The van der Waals surface area contributed by atoms with Crippen LogP contribution >= 0.6 is 15.6 Å². The van der Waals surface area contributed by atoms with E-state index in [9.17, 15) is 43.2 Å². The third-order valence-corrected chi connectivity index (χ3v) is 21.2. The molecule has 3 N–H and O–H groups in total. The Kier molecular flexibility index (Phi) is 71.2. The van der Waals surface area contributed by atoms with Gasteiger partial charge in [-0.15, -0.1) is 0 Å². The summed E-state index contributed by atoms with van der Waals surface area (Å²) < 4.78 is 68.7. The Labute approximate surface area is 613 Å². The number of aliphatic hydroxyl groups excluding tert-OH is 1. The minimum absolute atomic E-state index is 0.107. The van der Waals surface area contributed by atoms with Gasteiger partial charge in [0.2, 0.25) is 0 Å². The zero-order valence-electron chi connectivity index (χ0n) is 65.5. The summed E-state index contributed by atoms with van der Waals surface area (Å²) in [7, 11) is -9.92. The number of aliphatic hydroxyl groups is 1. The first-order chi connectivity index (χ1) is 48.4. The fourth-order valence-electron chi connectivity index (χ4n) is 12.5. The van der Waals surface area contributed by atoms with Crippen molar-refractivity contribution in [2.75, 3.05) is 39.6 Å². The molecule has 0 amide bonds. The Balaban J connectivity index is 5.21. The van der Waals surface area contributed by atoms with Gasteiger partial charge in [-0.3, -0.25) is 37.3 Å². The number of phosphoric ester groups is 2. The van der Waals surface area contributed by atoms with Crippen LogP contribution in [-0.2, 0) is 65.4 Å². The topological polar surface area (TPSA) is 237 Å². The molecule has 0 radical (unpaired) electrons. The van der Waals surface area contributed by atoms with E-state index in [0.29, 0.717) is 25.7 Å². The number of esters is 4. The molecule has 594 valence electrons. The van der Waals surface area contributed by atoms with Gasteiger partial charge < -0.3 is 33.8 Å². The second-order valence-electron chi connectivity index (χ2n) is 29.9. The Morgan fingerprint density at radius 1 is 0.290 bits per heavy atom. The lowest BCUT2D eigenvalue weighted by molar-refractivity contribution is -0.161. The molecule has 3 unspecified atom stereocenters. The molecule has 17 nitrogen and oxygen atoms in total. The molecule has 0 bridgehead atoms. The summed E-state index contributed by atoms with van der Waals surface area (Å²) in [5, 5.41) is 10.6. The molecule has 19 heteroatoms. The lowest BCUT2D eigenvalue weighted by Gasteiger charge is -2.21. The summed E-state index contributed by atoms with van der Waals surface area (Å²) in [6.07, 6.45) is 62.6. The number of carbonyl (C=O) groups is 4. The average molecular weight is 1470 g/mol. The first-order valence-electron chi connectivity index (χ1n) is 42.0. The number of phosphoric acid groups is 2. The van der Waals surface area contributed by atoms with Gasteiger partial charge in [0.1, 0.15) is 19.3 Å². The van der Waals surface area contributed by atoms with Gasteiger partial charge in [0, 0.05) is 25.7 Å². The molecule has 0 rings (SSSR count). The molecule has 0 saturated heterocycles. The van der Waals surface area contributed by atoms with Crippen molar-refractivity contribution in [3.05, 3.63) is 0 Å². The van der Waals surface area contributed by atoms with Gasteiger partial charge in [-0.2, -0.15) is 0 Å². The first kappa shape index (κ1) is 98.1. The number of unbranched alkanes of at least 4 members (excludes halogenated alkanes) is 49. The number of hydrogen-bond donors (Lipinski definition) is 3. The fraction of sp³-hybridized carbons (Fsp3) is 0.951. The normalized spacial score (nSPS) is 14.2. The minimum atomic E-state index is -4.96. The maximum Gasteiger partial charge on any atom is 0.472 e. The van der Waals surface area contributed by atoms with E-state index in [1.807, 2.05) is 0 Å². The van der Waals surface area contributed by atoms with Gasteiger partial charge >= 0.3 is 39.5 Å². The van der Waals surface area contributed by atoms with E-state index in [4.69, 9.17) is 37.0 Å².